The molecule has 1 unspecified atom stereocenters. The predicted molar refractivity (Wildman–Crippen MR) is 83.9 cm³/mol. The van der Waals surface area contributed by atoms with E-state index in [-0.39, 0.29) is 11.8 Å². The fourth-order valence-corrected chi connectivity index (χ4v) is 3.14. The lowest BCUT2D eigenvalue weighted by Crippen LogP contribution is -2.25. The van der Waals surface area contributed by atoms with E-state index in [1.165, 1.54) is 24.3 Å². The standard InChI is InChI=1S/C15H22N2OS/c1-11(2)15(18)17-13-6-3-5-12(9-13)16-14-7-4-8-19-10-14/h3,5-6,9,11,14,16H,4,7-8,10H2,1-2H3,(H,17,18). The third-order valence-corrected chi connectivity index (χ3v) is 4.40. The van der Waals surface area contributed by atoms with E-state index >= 15 is 0 Å². The first-order valence-corrected chi connectivity index (χ1v) is 8.06. The van der Waals surface area contributed by atoms with Crippen molar-refractivity contribution in [1.82, 2.24) is 0 Å². The summed E-state index contributed by atoms with van der Waals surface area (Å²) in [4.78, 5) is 11.7. The van der Waals surface area contributed by atoms with Gasteiger partial charge in [0.25, 0.3) is 0 Å². The summed E-state index contributed by atoms with van der Waals surface area (Å²) >= 11 is 2.01. The molecule has 0 bridgehead atoms. The maximum absolute atomic E-state index is 11.7. The molecule has 0 aromatic heterocycles. The number of rotatable bonds is 4. The van der Waals surface area contributed by atoms with Crippen LogP contribution in [0.5, 0.6) is 0 Å². The lowest BCUT2D eigenvalue weighted by molar-refractivity contribution is -0.118. The van der Waals surface area contributed by atoms with Crippen molar-refractivity contribution in [3.63, 3.8) is 0 Å². The largest absolute Gasteiger partial charge is 0.381 e. The minimum Gasteiger partial charge on any atom is -0.381 e. The Bertz CT molecular complexity index is 428. The monoisotopic (exact) mass is 278 g/mol. The average Bonchev–Trinajstić information content (AvgIpc) is 2.40. The molecule has 1 aliphatic heterocycles. The molecule has 0 spiro atoms. The topological polar surface area (TPSA) is 41.1 Å². The number of hydrogen-bond acceptors (Lipinski definition) is 3. The summed E-state index contributed by atoms with van der Waals surface area (Å²) in [6, 6.07) is 8.54. The lowest BCUT2D eigenvalue weighted by Gasteiger charge is -2.23. The van der Waals surface area contributed by atoms with Gasteiger partial charge in [-0.2, -0.15) is 11.8 Å². The van der Waals surface area contributed by atoms with Crippen LogP contribution in [0.1, 0.15) is 26.7 Å². The Kier molecular flexibility index (Phi) is 5.14. The molecule has 1 heterocycles. The number of carbonyl (C=O) groups is 1. The number of benzene rings is 1. The molecular formula is C15H22N2OS. The quantitative estimate of drug-likeness (QED) is 0.884. The van der Waals surface area contributed by atoms with Crippen LogP contribution in [0.25, 0.3) is 0 Å². The highest BCUT2D eigenvalue weighted by molar-refractivity contribution is 7.99. The Morgan fingerprint density at radius 2 is 2.16 bits per heavy atom. The van der Waals surface area contributed by atoms with Crippen LogP contribution in [0.15, 0.2) is 24.3 Å². The van der Waals surface area contributed by atoms with Gasteiger partial charge in [-0.05, 0) is 36.8 Å². The average molecular weight is 278 g/mol. The van der Waals surface area contributed by atoms with Gasteiger partial charge >= 0.3 is 0 Å². The van der Waals surface area contributed by atoms with Gasteiger partial charge in [0, 0.05) is 29.1 Å². The van der Waals surface area contributed by atoms with Gasteiger partial charge in [-0.1, -0.05) is 19.9 Å². The number of hydrogen-bond donors (Lipinski definition) is 2. The molecule has 1 fully saturated rings. The SMILES string of the molecule is CC(C)C(=O)Nc1cccc(NC2CCCSC2)c1. The number of amides is 1. The molecule has 1 saturated heterocycles. The van der Waals surface area contributed by atoms with Crippen LogP contribution in [0, 0.1) is 5.92 Å². The molecule has 3 nitrogen and oxygen atoms in total. The Hall–Kier alpha value is -1.16. The zero-order valence-corrected chi connectivity index (χ0v) is 12.4. The van der Waals surface area contributed by atoms with E-state index < -0.39 is 0 Å². The third-order valence-electron chi connectivity index (χ3n) is 3.19. The maximum atomic E-state index is 11.7. The van der Waals surface area contributed by atoms with Crippen molar-refractivity contribution in [3.8, 4) is 0 Å². The fourth-order valence-electron chi connectivity index (χ4n) is 2.06. The molecule has 1 aliphatic rings. The van der Waals surface area contributed by atoms with Gasteiger partial charge in [-0.15, -0.1) is 0 Å². The van der Waals surface area contributed by atoms with E-state index in [1.54, 1.807) is 0 Å². The first-order chi connectivity index (χ1) is 9.15. The van der Waals surface area contributed by atoms with E-state index in [2.05, 4.69) is 16.7 Å². The molecule has 1 amide bonds. The normalized spacial score (nSPS) is 19.2. The van der Waals surface area contributed by atoms with Gasteiger partial charge in [0.2, 0.25) is 5.91 Å². The van der Waals surface area contributed by atoms with Crippen LogP contribution in [-0.2, 0) is 4.79 Å². The van der Waals surface area contributed by atoms with Crippen LogP contribution in [-0.4, -0.2) is 23.5 Å². The van der Waals surface area contributed by atoms with Crippen LogP contribution in [0.2, 0.25) is 0 Å². The number of anilines is 2. The molecule has 2 rings (SSSR count). The third kappa shape index (κ3) is 4.46. The molecule has 4 heteroatoms. The van der Waals surface area contributed by atoms with Crippen LogP contribution >= 0.6 is 11.8 Å². The summed E-state index contributed by atoms with van der Waals surface area (Å²) in [6.45, 7) is 3.80. The second-order valence-electron chi connectivity index (χ2n) is 5.28. The smallest absolute Gasteiger partial charge is 0.226 e. The second-order valence-corrected chi connectivity index (χ2v) is 6.43. The minimum absolute atomic E-state index is 0.00589. The summed E-state index contributed by atoms with van der Waals surface area (Å²) in [7, 11) is 0. The van der Waals surface area contributed by atoms with E-state index in [4.69, 9.17) is 0 Å². The zero-order chi connectivity index (χ0) is 13.7. The van der Waals surface area contributed by atoms with Gasteiger partial charge in [0.1, 0.15) is 0 Å². The summed E-state index contributed by atoms with van der Waals surface area (Å²) in [5.41, 5.74) is 1.96. The maximum Gasteiger partial charge on any atom is 0.226 e. The molecule has 0 aliphatic carbocycles. The van der Waals surface area contributed by atoms with Crippen molar-refractivity contribution in [3.05, 3.63) is 24.3 Å². The first-order valence-electron chi connectivity index (χ1n) is 6.90. The van der Waals surface area contributed by atoms with Crippen molar-refractivity contribution in [1.29, 1.82) is 0 Å². The number of thioether (sulfide) groups is 1. The summed E-state index contributed by atoms with van der Waals surface area (Å²) in [5.74, 6) is 2.52. The van der Waals surface area contributed by atoms with Gasteiger partial charge in [-0.25, -0.2) is 0 Å². The molecule has 0 saturated carbocycles. The second kappa shape index (κ2) is 6.85. The van der Waals surface area contributed by atoms with Gasteiger partial charge in [-0.3, -0.25) is 4.79 Å². The molecule has 104 valence electrons. The van der Waals surface area contributed by atoms with Gasteiger partial charge in [0.15, 0.2) is 0 Å². The molecule has 0 radical (unpaired) electrons. The molecular weight excluding hydrogens is 256 g/mol. The molecule has 1 aromatic carbocycles. The summed E-state index contributed by atoms with van der Waals surface area (Å²) in [6.07, 6.45) is 2.52. The van der Waals surface area contributed by atoms with Crippen molar-refractivity contribution in [2.75, 3.05) is 22.1 Å². The summed E-state index contributed by atoms with van der Waals surface area (Å²) < 4.78 is 0. The minimum atomic E-state index is 0.00589. The van der Waals surface area contributed by atoms with Crippen molar-refractivity contribution in [2.24, 2.45) is 5.92 Å². The summed E-state index contributed by atoms with van der Waals surface area (Å²) in [5, 5.41) is 6.49. The van der Waals surface area contributed by atoms with Gasteiger partial charge < -0.3 is 10.6 Å². The molecule has 1 aromatic rings. The Balaban J connectivity index is 1.96. The van der Waals surface area contributed by atoms with E-state index in [1.807, 2.05) is 43.8 Å². The molecule has 1 atom stereocenters. The number of nitrogens with one attached hydrogen (secondary N) is 2. The van der Waals surface area contributed by atoms with E-state index in [0.717, 1.165) is 11.4 Å². The van der Waals surface area contributed by atoms with E-state index in [9.17, 15) is 4.79 Å². The highest BCUT2D eigenvalue weighted by atomic mass is 32.2. The van der Waals surface area contributed by atoms with Crippen molar-refractivity contribution >= 4 is 29.0 Å². The van der Waals surface area contributed by atoms with Crippen molar-refractivity contribution in [2.45, 2.75) is 32.7 Å². The number of carbonyl (C=O) groups excluding carboxylic acids is 1. The predicted octanol–water partition coefficient (Wildman–Crippen LogP) is 3.59. The van der Waals surface area contributed by atoms with Crippen LogP contribution in [0.4, 0.5) is 11.4 Å². The van der Waals surface area contributed by atoms with Gasteiger partial charge in [0.05, 0.1) is 0 Å². The Labute approximate surface area is 119 Å². The van der Waals surface area contributed by atoms with Crippen molar-refractivity contribution < 1.29 is 4.79 Å². The Morgan fingerprint density at radius 1 is 1.37 bits per heavy atom. The highest BCUT2D eigenvalue weighted by Gasteiger charge is 2.13. The van der Waals surface area contributed by atoms with Crippen LogP contribution < -0.4 is 10.6 Å². The highest BCUT2D eigenvalue weighted by Crippen LogP contribution is 2.22. The molecule has 19 heavy (non-hydrogen) atoms. The Morgan fingerprint density at radius 3 is 2.84 bits per heavy atom. The lowest BCUT2D eigenvalue weighted by atomic mass is 10.1. The van der Waals surface area contributed by atoms with Crippen LogP contribution in [0.3, 0.4) is 0 Å². The van der Waals surface area contributed by atoms with E-state index in [0.29, 0.717) is 6.04 Å². The fraction of sp³-hybridized carbons (Fsp3) is 0.533. The molecule has 2 N–H and O–H groups in total. The first kappa shape index (κ1) is 14.3. The zero-order valence-electron chi connectivity index (χ0n) is 11.6.